The number of hydrogen-bond donors (Lipinski definition) is 2. The number of amides is 2. The number of hydrazone groups is 1. The second kappa shape index (κ2) is 8.66. The van der Waals surface area contributed by atoms with Crippen LogP contribution in [0.5, 0.6) is 11.5 Å². The summed E-state index contributed by atoms with van der Waals surface area (Å²) in [5, 5.41) is 6.31. The summed E-state index contributed by atoms with van der Waals surface area (Å²) in [5.41, 5.74) is 2.79. The van der Waals surface area contributed by atoms with Gasteiger partial charge in [0.1, 0.15) is 0 Å². The normalized spacial score (nSPS) is 11.8. The SMILES string of the molecule is CC[C@@H](C)NC(=O)C(=O)N/N=C\c1cccc(OC)c1OC. The van der Waals surface area contributed by atoms with Crippen LogP contribution in [0.3, 0.4) is 0 Å². The topological polar surface area (TPSA) is 89.0 Å². The third-order valence-corrected chi connectivity index (χ3v) is 3.00. The van der Waals surface area contributed by atoms with Crippen LogP contribution in [0.1, 0.15) is 25.8 Å². The van der Waals surface area contributed by atoms with Crippen LogP contribution in [-0.4, -0.2) is 38.3 Å². The minimum absolute atomic E-state index is 0.0688. The van der Waals surface area contributed by atoms with Crippen LogP contribution >= 0.6 is 0 Å². The van der Waals surface area contributed by atoms with Crippen LogP contribution in [0, 0.1) is 0 Å². The average Bonchev–Trinajstić information content (AvgIpc) is 2.53. The van der Waals surface area contributed by atoms with Crippen molar-refractivity contribution in [2.24, 2.45) is 5.10 Å². The average molecular weight is 307 g/mol. The number of carbonyl (C=O) groups is 2. The molecule has 120 valence electrons. The number of para-hydroxylation sites is 1. The standard InChI is InChI=1S/C15H21N3O4/c1-5-10(2)17-14(19)15(20)18-16-9-11-7-6-8-12(21-3)13(11)22-4/h6-10H,5H2,1-4H3,(H,17,19)(H,18,20)/b16-9-/t10-/m1/s1. The van der Waals surface area contributed by atoms with Gasteiger partial charge in [-0.2, -0.15) is 5.10 Å². The second-order valence-electron chi connectivity index (χ2n) is 4.56. The van der Waals surface area contributed by atoms with Gasteiger partial charge in [0.15, 0.2) is 11.5 Å². The van der Waals surface area contributed by atoms with Gasteiger partial charge < -0.3 is 14.8 Å². The Kier molecular flexibility index (Phi) is 6.88. The summed E-state index contributed by atoms with van der Waals surface area (Å²) in [4.78, 5) is 23.1. The first-order valence-corrected chi connectivity index (χ1v) is 6.88. The van der Waals surface area contributed by atoms with Gasteiger partial charge in [-0.25, -0.2) is 5.43 Å². The number of methoxy groups -OCH3 is 2. The lowest BCUT2D eigenvalue weighted by molar-refractivity contribution is -0.139. The first-order chi connectivity index (χ1) is 10.5. The predicted molar refractivity (Wildman–Crippen MR) is 83.2 cm³/mol. The predicted octanol–water partition coefficient (Wildman–Crippen LogP) is 1.07. The zero-order chi connectivity index (χ0) is 16.5. The molecule has 0 unspecified atom stereocenters. The van der Waals surface area contributed by atoms with E-state index in [0.717, 1.165) is 6.42 Å². The number of benzene rings is 1. The molecule has 0 aliphatic carbocycles. The van der Waals surface area contributed by atoms with Crippen molar-refractivity contribution in [3.63, 3.8) is 0 Å². The lowest BCUT2D eigenvalue weighted by atomic mass is 10.2. The van der Waals surface area contributed by atoms with Crippen LogP contribution in [0.2, 0.25) is 0 Å². The van der Waals surface area contributed by atoms with Crippen molar-refractivity contribution in [1.82, 2.24) is 10.7 Å². The molecule has 7 nitrogen and oxygen atoms in total. The smallest absolute Gasteiger partial charge is 0.329 e. The summed E-state index contributed by atoms with van der Waals surface area (Å²) in [6.45, 7) is 3.73. The molecule has 0 saturated carbocycles. The van der Waals surface area contributed by atoms with Gasteiger partial charge in [0, 0.05) is 11.6 Å². The quantitative estimate of drug-likeness (QED) is 0.467. The Labute approximate surface area is 129 Å². The molecule has 0 radical (unpaired) electrons. The van der Waals surface area contributed by atoms with Crippen LogP contribution in [0.4, 0.5) is 0 Å². The van der Waals surface area contributed by atoms with E-state index in [1.165, 1.54) is 20.4 Å². The minimum Gasteiger partial charge on any atom is -0.493 e. The van der Waals surface area contributed by atoms with Gasteiger partial charge in [-0.15, -0.1) is 0 Å². The fraction of sp³-hybridized carbons (Fsp3) is 0.400. The van der Waals surface area contributed by atoms with Crippen molar-refractivity contribution in [2.75, 3.05) is 14.2 Å². The maximum absolute atomic E-state index is 11.6. The number of nitrogens with one attached hydrogen (secondary N) is 2. The largest absolute Gasteiger partial charge is 0.493 e. The van der Waals surface area contributed by atoms with Gasteiger partial charge in [0.25, 0.3) is 0 Å². The van der Waals surface area contributed by atoms with Gasteiger partial charge >= 0.3 is 11.8 Å². The molecule has 2 N–H and O–H groups in total. The van der Waals surface area contributed by atoms with Gasteiger partial charge in [-0.1, -0.05) is 13.0 Å². The summed E-state index contributed by atoms with van der Waals surface area (Å²) in [6.07, 6.45) is 2.12. The third-order valence-electron chi connectivity index (χ3n) is 3.00. The molecular weight excluding hydrogens is 286 g/mol. The third kappa shape index (κ3) is 4.76. The highest BCUT2D eigenvalue weighted by atomic mass is 16.5. The Morgan fingerprint density at radius 1 is 1.27 bits per heavy atom. The zero-order valence-electron chi connectivity index (χ0n) is 13.2. The molecule has 1 atom stereocenters. The van der Waals surface area contributed by atoms with Crippen LogP contribution in [0.25, 0.3) is 0 Å². The van der Waals surface area contributed by atoms with E-state index in [0.29, 0.717) is 17.1 Å². The van der Waals surface area contributed by atoms with Crippen LogP contribution in [-0.2, 0) is 9.59 Å². The van der Waals surface area contributed by atoms with Crippen molar-refractivity contribution >= 4 is 18.0 Å². The molecule has 1 rings (SSSR count). The molecule has 0 spiro atoms. The first-order valence-electron chi connectivity index (χ1n) is 6.88. The van der Waals surface area contributed by atoms with Gasteiger partial charge in [-0.05, 0) is 25.5 Å². The number of rotatable bonds is 6. The van der Waals surface area contributed by atoms with Crippen molar-refractivity contribution in [1.29, 1.82) is 0 Å². The van der Waals surface area contributed by atoms with Crippen LogP contribution in [0.15, 0.2) is 23.3 Å². The molecular formula is C15H21N3O4. The van der Waals surface area contributed by atoms with Crippen molar-refractivity contribution < 1.29 is 19.1 Å². The number of hydrogen-bond acceptors (Lipinski definition) is 5. The van der Waals surface area contributed by atoms with E-state index in [2.05, 4.69) is 15.8 Å². The zero-order valence-corrected chi connectivity index (χ0v) is 13.2. The fourth-order valence-electron chi connectivity index (χ4n) is 1.62. The van der Waals surface area contributed by atoms with E-state index < -0.39 is 11.8 Å². The first kappa shape index (κ1) is 17.5. The molecule has 0 heterocycles. The van der Waals surface area contributed by atoms with E-state index in [-0.39, 0.29) is 6.04 Å². The summed E-state index contributed by atoms with van der Waals surface area (Å²) in [5.74, 6) is -0.498. The number of nitrogens with zero attached hydrogens (tertiary/aromatic N) is 1. The van der Waals surface area contributed by atoms with Crippen molar-refractivity contribution in [3.8, 4) is 11.5 Å². The monoisotopic (exact) mass is 307 g/mol. The molecule has 0 aliphatic heterocycles. The Morgan fingerprint density at radius 2 is 2.00 bits per heavy atom. The van der Waals surface area contributed by atoms with Crippen LogP contribution < -0.4 is 20.2 Å². The minimum atomic E-state index is -0.821. The molecule has 7 heteroatoms. The van der Waals surface area contributed by atoms with E-state index in [9.17, 15) is 9.59 Å². The van der Waals surface area contributed by atoms with Crippen molar-refractivity contribution in [3.05, 3.63) is 23.8 Å². The van der Waals surface area contributed by atoms with E-state index in [1.807, 2.05) is 13.8 Å². The molecule has 0 aliphatic rings. The molecule has 22 heavy (non-hydrogen) atoms. The Hall–Kier alpha value is -2.57. The molecule has 0 saturated heterocycles. The Morgan fingerprint density at radius 3 is 2.59 bits per heavy atom. The fourth-order valence-corrected chi connectivity index (χ4v) is 1.62. The maximum Gasteiger partial charge on any atom is 0.329 e. The van der Waals surface area contributed by atoms with E-state index in [1.54, 1.807) is 18.2 Å². The molecule has 2 amide bonds. The summed E-state index contributed by atoms with van der Waals surface area (Å²) >= 11 is 0. The summed E-state index contributed by atoms with van der Waals surface area (Å²) in [7, 11) is 3.03. The lowest BCUT2D eigenvalue weighted by Gasteiger charge is -2.10. The molecule has 0 bridgehead atoms. The second-order valence-corrected chi connectivity index (χ2v) is 4.56. The molecule has 0 fully saturated rings. The molecule has 0 aromatic heterocycles. The lowest BCUT2D eigenvalue weighted by Crippen LogP contribution is -2.41. The Bertz CT molecular complexity index is 558. The van der Waals surface area contributed by atoms with E-state index >= 15 is 0 Å². The maximum atomic E-state index is 11.6. The van der Waals surface area contributed by atoms with E-state index in [4.69, 9.17) is 9.47 Å². The highest BCUT2D eigenvalue weighted by Crippen LogP contribution is 2.29. The van der Waals surface area contributed by atoms with Crippen molar-refractivity contribution in [2.45, 2.75) is 26.3 Å². The van der Waals surface area contributed by atoms with Gasteiger partial charge in [-0.3, -0.25) is 9.59 Å². The molecule has 1 aromatic carbocycles. The summed E-state index contributed by atoms with van der Waals surface area (Å²) < 4.78 is 10.4. The number of carbonyl (C=O) groups excluding carboxylic acids is 2. The highest BCUT2D eigenvalue weighted by molar-refractivity contribution is 6.35. The Balaban J connectivity index is 2.70. The summed E-state index contributed by atoms with van der Waals surface area (Å²) in [6, 6.07) is 5.19. The number of ether oxygens (including phenoxy) is 2. The van der Waals surface area contributed by atoms with Gasteiger partial charge in [0.2, 0.25) is 0 Å². The highest BCUT2D eigenvalue weighted by Gasteiger charge is 2.14. The van der Waals surface area contributed by atoms with Gasteiger partial charge in [0.05, 0.1) is 20.4 Å². The molecule has 1 aromatic rings.